The molecule has 1 aliphatic heterocycles. The zero-order chi connectivity index (χ0) is 27.9. The summed E-state index contributed by atoms with van der Waals surface area (Å²) in [7, 11) is 1.59. The van der Waals surface area contributed by atoms with Crippen molar-refractivity contribution in [3.05, 3.63) is 71.6 Å². The minimum Gasteiger partial charge on any atom is -0.489 e. The van der Waals surface area contributed by atoms with Crippen molar-refractivity contribution in [2.24, 2.45) is 0 Å². The molecule has 0 unspecified atom stereocenters. The van der Waals surface area contributed by atoms with Gasteiger partial charge in [-0.1, -0.05) is 12.6 Å². The number of likely N-dealkylation sites (N-methyl/N-ethyl adjacent to an activating group) is 1. The normalized spacial score (nSPS) is 14.4. The number of benzene rings is 2. The molecule has 2 aliphatic rings. The molecule has 11 heteroatoms. The van der Waals surface area contributed by atoms with E-state index in [2.05, 4.69) is 21.9 Å². The Balaban J connectivity index is 1.42. The molecule has 1 aliphatic carbocycles. The molecule has 2 amide bonds. The molecule has 1 fully saturated rings. The molecule has 1 spiro atoms. The van der Waals surface area contributed by atoms with Gasteiger partial charge in [-0.3, -0.25) is 9.59 Å². The van der Waals surface area contributed by atoms with E-state index in [1.165, 1.54) is 29.4 Å². The third-order valence-corrected chi connectivity index (χ3v) is 7.19. The summed E-state index contributed by atoms with van der Waals surface area (Å²) in [5.74, 6) is -2.21. The summed E-state index contributed by atoms with van der Waals surface area (Å²) >= 11 is 0. The number of hydrogen-bond donors (Lipinski definition) is 2. The fourth-order valence-corrected chi connectivity index (χ4v) is 4.66. The first-order chi connectivity index (χ1) is 18.6. The number of anilines is 2. The van der Waals surface area contributed by atoms with Crippen LogP contribution in [0.15, 0.2) is 43.2 Å². The van der Waals surface area contributed by atoms with Crippen molar-refractivity contribution in [1.82, 2.24) is 14.9 Å². The zero-order valence-corrected chi connectivity index (χ0v) is 21.5. The van der Waals surface area contributed by atoms with Crippen LogP contribution in [0.25, 0.3) is 11.3 Å². The van der Waals surface area contributed by atoms with Gasteiger partial charge in [-0.2, -0.15) is 0 Å². The second-order valence-electron chi connectivity index (χ2n) is 9.70. The third-order valence-electron chi connectivity index (χ3n) is 7.19. The molecule has 0 radical (unpaired) electrons. The molecule has 1 aromatic heterocycles. The highest BCUT2D eigenvalue weighted by molar-refractivity contribution is 6.05. The van der Waals surface area contributed by atoms with E-state index in [0.29, 0.717) is 17.7 Å². The van der Waals surface area contributed by atoms with Crippen LogP contribution in [0.4, 0.5) is 20.3 Å². The maximum absolute atomic E-state index is 15.2. The highest BCUT2D eigenvalue weighted by Crippen LogP contribution is 2.56. The van der Waals surface area contributed by atoms with Crippen LogP contribution >= 0.6 is 0 Å². The molecule has 1 saturated carbocycles. The number of halogens is 2. The molecule has 9 nitrogen and oxygen atoms in total. The van der Waals surface area contributed by atoms with Gasteiger partial charge < -0.3 is 25.4 Å². The van der Waals surface area contributed by atoms with Crippen LogP contribution < -0.4 is 20.5 Å². The predicted molar refractivity (Wildman–Crippen MR) is 141 cm³/mol. The maximum atomic E-state index is 15.2. The third kappa shape index (κ3) is 4.75. The van der Waals surface area contributed by atoms with Gasteiger partial charge in [0.05, 0.1) is 18.7 Å². The lowest BCUT2D eigenvalue weighted by molar-refractivity contribution is -0.125. The van der Waals surface area contributed by atoms with Crippen molar-refractivity contribution in [3.8, 4) is 22.8 Å². The highest BCUT2D eigenvalue weighted by Gasteiger charge is 2.51. The molecule has 39 heavy (non-hydrogen) atoms. The lowest BCUT2D eigenvalue weighted by Crippen LogP contribution is -2.29. The molecule has 0 saturated heterocycles. The van der Waals surface area contributed by atoms with Crippen molar-refractivity contribution < 1.29 is 27.8 Å². The van der Waals surface area contributed by atoms with Crippen molar-refractivity contribution in [2.45, 2.75) is 25.2 Å². The van der Waals surface area contributed by atoms with Gasteiger partial charge in [-0.25, -0.2) is 18.7 Å². The smallest absolute Gasteiger partial charge is 0.258 e. The van der Waals surface area contributed by atoms with Crippen LogP contribution in [0.5, 0.6) is 11.5 Å². The molecule has 3 N–H and O–H groups in total. The summed E-state index contributed by atoms with van der Waals surface area (Å²) in [5.41, 5.74) is 7.54. The fourth-order valence-electron chi connectivity index (χ4n) is 4.66. The second kappa shape index (κ2) is 9.97. The first-order valence-electron chi connectivity index (χ1n) is 12.3. The lowest BCUT2D eigenvalue weighted by atomic mass is 9.96. The summed E-state index contributed by atoms with van der Waals surface area (Å²) in [6.07, 6.45) is 4.25. The van der Waals surface area contributed by atoms with E-state index >= 15 is 4.39 Å². The molecule has 2 heterocycles. The van der Waals surface area contributed by atoms with E-state index in [-0.39, 0.29) is 58.7 Å². The van der Waals surface area contributed by atoms with Gasteiger partial charge in [0.2, 0.25) is 5.91 Å². The number of amides is 2. The van der Waals surface area contributed by atoms with Crippen LogP contribution in [-0.2, 0) is 10.2 Å². The number of nitrogens with one attached hydrogen (secondary N) is 1. The Bertz CT molecular complexity index is 1510. The van der Waals surface area contributed by atoms with E-state index in [1.807, 2.05) is 0 Å². The number of carbonyl (C=O) groups is 2. The quantitative estimate of drug-likeness (QED) is 0.418. The minimum atomic E-state index is -0.746. The summed E-state index contributed by atoms with van der Waals surface area (Å²) < 4.78 is 41.4. The standard InChI is InChI=1S/C28H27F2N5O4/c1-4-21(36)35(3)9-10-38-25-23(32-14-33-26(25)31)18-11-16(29)12-20(15(18)2)34-27(37)17-5-6-19-24(22(17)30)39-13-28(19)7-8-28/h4-6,11-12,14H,1,7-10,13H2,2-3H3,(H,34,37)(H2,31,32,33). The molecule has 202 valence electrons. The maximum Gasteiger partial charge on any atom is 0.258 e. The molecule has 0 bridgehead atoms. The van der Waals surface area contributed by atoms with Crippen LogP contribution in [0, 0.1) is 18.6 Å². The Kier molecular flexibility index (Phi) is 6.67. The number of nitrogens with zero attached hydrogens (tertiary/aromatic N) is 3. The number of ether oxygens (including phenoxy) is 2. The summed E-state index contributed by atoms with van der Waals surface area (Å²) in [6.45, 7) is 5.78. The van der Waals surface area contributed by atoms with E-state index in [0.717, 1.165) is 24.5 Å². The summed E-state index contributed by atoms with van der Waals surface area (Å²) in [4.78, 5) is 34.4. The van der Waals surface area contributed by atoms with E-state index in [4.69, 9.17) is 15.2 Å². The minimum absolute atomic E-state index is 0.0144. The number of aromatic nitrogens is 2. The SMILES string of the molecule is C=CC(=O)N(C)CCOc1c(N)ncnc1-c1cc(F)cc(NC(=O)c2ccc3c(c2F)OCC32CC2)c1C. The number of fused-ring (bicyclic) bond motifs is 2. The molecule has 2 aromatic carbocycles. The van der Waals surface area contributed by atoms with Crippen molar-refractivity contribution in [2.75, 3.05) is 37.9 Å². The Labute approximate surface area is 223 Å². The van der Waals surface area contributed by atoms with Crippen LogP contribution in [0.3, 0.4) is 0 Å². The zero-order valence-electron chi connectivity index (χ0n) is 21.5. The number of rotatable bonds is 8. The van der Waals surface area contributed by atoms with Gasteiger partial charge >= 0.3 is 0 Å². The largest absolute Gasteiger partial charge is 0.489 e. The number of nitrogens with two attached hydrogens (primary N) is 1. The van der Waals surface area contributed by atoms with Crippen molar-refractivity contribution in [3.63, 3.8) is 0 Å². The lowest BCUT2D eigenvalue weighted by Gasteiger charge is -2.18. The van der Waals surface area contributed by atoms with Gasteiger partial charge in [0.1, 0.15) is 24.4 Å². The van der Waals surface area contributed by atoms with E-state index in [9.17, 15) is 14.0 Å². The highest BCUT2D eigenvalue weighted by atomic mass is 19.1. The Morgan fingerprint density at radius 2 is 2.05 bits per heavy atom. The number of nitrogen functional groups attached to an aromatic ring is 1. The van der Waals surface area contributed by atoms with E-state index < -0.39 is 17.5 Å². The molecule has 0 atom stereocenters. The molecular formula is C28H27F2N5O4. The average Bonchev–Trinajstić information content (AvgIpc) is 3.61. The predicted octanol–water partition coefficient (Wildman–Crippen LogP) is 4.01. The van der Waals surface area contributed by atoms with Gasteiger partial charge in [0.15, 0.2) is 23.1 Å². The first-order valence-corrected chi connectivity index (χ1v) is 12.3. The molecular weight excluding hydrogens is 508 g/mol. The van der Waals surface area contributed by atoms with Crippen LogP contribution in [0.2, 0.25) is 0 Å². The summed E-state index contributed by atoms with van der Waals surface area (Å²) in [6, 6.07) is 5.52. The van der Waals surface area contributed by atoms with Crippen molar-refractivity contribution in [1.29, 1.82) is 0 Å². The van der Waals surface area contributed by atoms with Gasteiger partial charge in [0, 0.05) is 29.3 Å². The second-order valence-corrected chi connectivity index (χ2v) is 9.70. The van der Waals surface area contributed by atoms with Crippen LogP contribution in [0.1, 0.15) is 34.3 Å². The average molecular weight is 536 g/mol. The molecule has 3 aromatic rings. The monoisotopic (exact) mass is 535 g/mol. The Morgan fingerprint density at radius 3 is 2.77 bits per heavy atom. The molecule has 5 rings (SSSR count). The number of hydrogen-bond acceptors (Lipinski definition) is 7. The van der Waals surface area contributed by atoms with Gasteiger partial charge in [-0.05, 0) is 49.6 Å². The van der Waals surface area contributed by atoms with Crippen LogP contribution in [-0.4, -0.2) is 53.5 Å². The Morgan fingerprint density at radius 1 is 1.28 bits per heavy atom. The fraction of sp³-hybridized carbons (Fsp3) is 0.286. The Hall–Kier alpha value is -4.54. The number of carbonyl (C=O) groups excluding carboxylic acids is 2. The van der Waals surface area contributed by atoms with Crippen molar-refractivity contribution >= 4 is 23.3 Å². The van der Waals surface area contributed by atoms with Gasteiger partial charge in [0.25, 0.3) is 5.91 Å². The summed E-state index contributed by atoms with van der Waals surface area (Å²) in [5, 5.41) is 2.61. The van der Waals surface area contributed by atoms with E-state index in [1.54, 1.807) is 20.0 Å². The first kappa shape index (κ1) is 26.1. The topological polar surface area (TPSA) is 120 Å². The van der Waals surface area contributed by atoms with Gasteiger partial charge in [-0.15, -0.1) is 0 Å².